The van der Waals surface area contributed by atoms with Gasteiger partial charge in [0.15, 0.2) is 0 Å². The summed E-state index contributed by atoms with van der Waals surface area (Å²) in [7, 11) is 0. The predicted molar refractivity (Wildman–Crippen MR) is 113 cm³/mol. The number of hydrogen-bond acceptors (Lipinski definition) is 7. The van der Waals surface area contributed by atoms with Gasteiger partial charge in [0.2, 0.25) is 11.9 Å². The molecule has 2 atom stereocenters. The number of hydrogen-bond donors (Lipinski definition) is 2. The van der Waals surface area contributed by atoms with Crippen LogP contribution >= 0.6 is 0 Å². The fraction of sp³-hybridized carbons (Fsp3) is 0.429. The van der Waals surface area contributed by atoms with Crippen molar-refractivity contribution < 1.29 is 14.3 Å². The molecule has 9 heteroatoms. The van der Waals surface area contributed by atoms with Crippen LogP contribution in [0.15, 0.2) is 30.6 Å². The third kappa shape index (κ3) is 3.93. The Morgan fingerprint density at radius 1 is 1.17 bits per heavy atom. The second kappa shape index (κ2) is 8.27. The summed E-state index contributed by atoms with van der Waals surface area (Å²) in [6.45, 7) is 7.06. The van der Waals surface area contributed by atoms with Gasteiger partial charge in [0.1, 0.15) is 6.10 Å². The number of fused-ring (bicyclic) bond motifs is 1. The molecule has 0 spiro atoms. The number of nitrogens with zero attached hydrogens (tertiary/aromatic N) is 4. The van der Waals surface area contributed by atoms with E-state index in [-0.39, 0.29) is 11.9 Å². The Labute approximate surface area is 175 Å². The van der Waals surface area contributed by atoms with E-state index in [4.69, 9.17) is 10.5 Å². The maximum absolute atomic E-state index is 12.2. The molecule has 0 unspecified atom stereocenters. The van der Waals surface area contributed by atoms with Crippen LogP contribution in [-0.2, 0) is 9.53 Å². The molecule has 2 aliphatic rings. The molecular formula is C21H26N6O3. The Balaban J connectivity index is 1.67. The van der Waals surface area contributed by atoms with E-state index >= 15 is 0 Å². The number of nitrogens with one attached hydrogen (secondary N) is 1. The monoisotopic (exact) mass is 410 g/mol. The topological polar surface area (TPSA) is 114 Å². The zero-order valence-electron chi connectivity index (χ0n) is 17.2. The Morgan fingerprint density at radius 3 is 2.50 bits per heavy atom. The van der Waals surface area contributed by atoms with E-state index in [2.05, 4.69) is 20.2 Å². The van der Waals surface area contributed by atoms with Crippen LogP contribution < -0.4 is 20.9 Å². The van der Waals surface area contributed by atoms with Crippen LogP contribution in [0.3, 0.4) is 0 Å². The summed E-state index contributed by atoms with van der Waals surface area (Å²) >= 11 is 0. The molecule has 0 radical (unpaired) electrons. The largest absolute Gasteiger partial charge is 0.441 e. The summed E-state index contributed by atoms with van der Waals surface area (Å²) < 4.78 is 5.36. The number of amides is 2. The quantitative estimate of drug-likeness (QED) is 0.793. The minimum Gasteiger partial charge on any atom is -0.441 e. The second-order valence-electron chi connectivity index (χ2n) is 7.68. The van der Waals surface area contributed by atoms with E-state index < -0.39 is 12.2 Å². The lowest BCUT2D eigenvalue weighted by Gasteiger charge is -2.38. The molecule has 1 fully saturated rings. The van der Waals surface area contributed by atoms with E-state index in [9.17, 15) is 9.59 Å². The normalized spacial score (nSPS) is 21.1. The average molecular weight is 410 g/mol. The molecule has 2 amide bonds. The van der Waals surface area contributed by atoms with Crippen molar-refractivity contribution in [3.8, 4) is 11.1 Å². The summed E-state index contributed by atoms with van der Waals surface area (Å²) in [6, 6.07) is 5.63. The number of carbonyl (C=O) groups excluding carboxylic acids is 2. The van der Waals surface area contributed by atoms with Crippen molar-refractivity contribution >= 4 is 23.6 Å². The molecule has 30 heavy (non-hydrogen) atoms. The highest BCUT2D eigenvalue weighted by atomic mass is 16.6. The Kier molecular flexibility index (Phi) is 5.54. The van der Waals surface area contributed by atoms with Crippen LogP contribution in [0.2, 0.25) is 0 Å². The van der Waals surface area contributed by atoms with E-state index in [0.717, 1.165) is 48.6 Å². The average Bonchev–Trinajstić information content (AvgIpc) is 2.73. The van der Waals surface area contributed by atoms with Gasteiger partial charge in [-0.3, -0.25) is 4.79 Å². The summed E-state index contributed by atoms with van der Waals surface area (Å²) in [6.07, 6.45) is 2.74. The number of primary amides is 1. The SMILES string of the molecule is CC(=O)N1c2ccc(-c3cnc(N4CCNCC4)nc3)cc2[C@@H](OC(N)=O)C[C@H]1C. The van der Waals surface area contributed by atoms with Gasteiger partial charge in [-0.05, 0) is 24.6 Å². The van der Waals surface area contributed by atoms with E-state index in [1.54, 1.807) is 17.3 Å². The Bertz CT molecular complexity index is 942. The third-order valence-corrected chi connectivity index (χ3v) is 5.60. The minimum atomic E-state index is -0.830. The van der Waals surface area contributed by atoms with Gasteiger partial charge in [0, 0.05) is 69.1 Å². The molecule has 4 rings (SSSR count). The summed E-state index contributed by atoms with van der Waals surface area (Å²) in [5, 5.41) is 3.31. The minimum absolute atomic E-state index is 0.0577. The molecule has 2 aromatic rings. The number of rotatable bonds is 3. The van der Waals surface area contributed by atoms with Crippen LogP contribution in [0.4, 0.5) is 16.4 Å². The number of anilines is 2. The predicted octanol–water partition coefficient (Wildman–Crippen LogP) is 1.83. The van der Waals surface area contributed by atoms with Gasteiger partial charge < -0.3 is 25.6 Å². The van der Waals surface area contributed by atoms with Crippen molar-refractivity contribution in [2.45, 2.75) is 32.4 Å². The zero-order valence-corrected chi connectivity index (χ0v) is 17.2. The van der Waals surface area contributed by atoms with Crippen molar-refractivity contribution in [3.05, 3.63) is 36.2 Å². The lowest BCUT2D eigenvalue weighted by Crippen LogP contribution is -2.44. The molecule has 3 N–H and O–H groups in total. The van der Waals surface area contributed by atoms with Crippen molar-refractivity contribution in [1.29, 1.82) is 0 Å². The number of ether oxygens (including phenoxy) is 1. The first-order valence-electron chi connectivity index (χ1n) is 10.1. The standard InChI is InChI=1S/C21H26N6O3/c1-13-9-19(30-20(22)29)17-10-15(3-4-18(17)27(13)14(2)28)16-11-24-21(25-12-16)26-7-5-23-6-8-26/h3-4,10-13,19,23H,5-9H2,1-2H3,(H2,22,29)/t13-,19+/m1/s1. The van der Waals surface area contributed by atoms with Crippen molar-refractivity contribution in [3.63, 3.8) is 0 Å². The smallest absolute Gasteiger partial charge is 0.405 e. The molecule has 0 bridgehead atoms. The molecule has 0 aliphatic carbocycles. The molecule has 9 nitrogen and oxygen atoms in total. The first-order chi connectivity index (χ1) is 14.4. The highest BCUT2D eigenvalue weighted by Crippen LogP contribution is 2.41. The fourth-order valence-electron chi connectivity index (χ4n) is 4.22. The van der Waals surface area contributed by atoms with Gasteiger partial charge in [0.25, 0.3) is 0 Å². The summed E-state index contributed by atoms with van der Waals surface area (Å²) in [5.74, 6) is 0.655. The lowest BCUT2D eigenvalue weighted by molar-refractivity contribution is -0.117. The first-order valence-corrected chi connectivity index (χ1v) is 10.1. The number of piperazine rings is 1. The van der Waals surface area contributed by atoms with Gasteiger partial charge in [0.05, 0.1) is 5.69 Å². The maximum Gasteiger partial charge on any atom is 0.405 e. The number of carbonyl (C=O) groups is 2. The summed E-state index contributed by atoms with van der Waals surface area (Å²) in [4.78, 5) is 36.6. The van der Waals surface area contributed by atoms with Crippen molar-refractivity contribution in [1.82, 2.24) is 15.3 Å². The van der Waals surface area contributed by atoms with E-state index in [1.165, 1.54) is 6.92 Å². The molecule has 1 aromatic heterocycles. The van der Waals surface area contributed by atoms with Gasteiger partial charge in [-0.1, -0.05) is 6.07 Å². The molecule has 2 aliphatic heterocycles. The van der Waals surface area contributed by atoms with Crippen molar-refractivity contribution in [2.75, 3.05) is 36.0 Å². The van der Waals surface area contributed by atoms with Crippen molar-refractivity contribution in [2.24, 2.45) is 5.73 Å². The second-order valence-corrected chi connectivity index (χ2v) is 7.68. The molecule has 1 aromatic carbocycles. The van der Waals surface area contributed by atoms with Crippen LogP contribution in [0.1, 0.15) is 31.9 Å². The molecule has 1 saturated heterocycles. The van der Waals surface area contributed by atoms with Gasteiger partial charge in [-0.2, -0.15) is 0 Å². The van der Waals surface area contributed by atoms with E-state index in [0.29, 0.717) is 12.4 Å². The van der Waals surface area contributed by atoms with Gasteiger partial charge in [-0.25, -0.2) is 14.8 Å². The number of aromatic nitrogens is 2. The number of benzene rings is 1. The molecule has 0 saturated carbocycles. The van der Waals surface area contributed by atoms with Crippen LogP contribution in [0.5, 0.6) is 0 Å². The zero-order chi connectivity index (χ0) is 21.3. The Morgan fingerprint density at radius 2 is 1.87 bits per heavy atom. The highest BCUT2D eigenvalue weighted by Gasteiger charge is 2.34. The van der Waals surface area contributed by atoms with Gasteiger partial charge in [-0.15, -0.1) is 0 Å². The molecular weight excluding hydrogens is 384 g/mol. The molecule has 158 valence electrons. The fourth-order valence-corrected chi connectivity index (χ4v) is 4.22. The van der Waals surface area contributed by atoms with E-state index in [1.807, 2.05) is 25.1 Å². The third-order valence-electron chi connectivity index (χ3n) is 5.60. The molecule has 3 heterocycles. The van der Waals surface area contributed by atoms with Gasteiger partial charge >= 0.3 is 6.09 Å². The Hall–Kier alpha value is -3.20. The number of nitrogens with two attached hydrogens (primary N) is 1. The maximum atomic E-state index is 12.2. The lowest BCUT2D eigenvalue weighted by atomic mass is 9.91. The van der Waals surface area contributed by atoms with Crippen LogP contribution in [0.25, 0.3) is 11.1 Å². The summed E-state index contributed by atoms with van der Waals surface area (Å²) in [5.41, 5.74) is 8.51. The van der Waals surface area contributed by atoms with Crippen LogP contribution in [-0.4, -0.2) is 54.2 Å². The first kappa shape index (κ1) is 20.1. The van der Waals surface area contributed by atoms with Crippen LogP contribution in [0, 0.1) is 0 Å². The highest BCUT2D eigenvalue weighted by molar-refractivity contribution is 5.94.